The summed E-state index contributed by atoms with van der Waals surface area (Å²) in [6.07, 6.45) is -1.53. The van der Waals surface area contributed by atoms with Gasteiger partial charge in [-0.1, -0.05) is 13.8 Å². The lowest BCUT2D eigenvalue weighted by atomic mass is 9.86. The topological polar surface area (TPSA) is 46.6 Å². The van der Waals surface area contributed by atoms with Gasteiger partial charge in [0.2, 0.25) is 0 Å². The predicted molar refractivity (Wildman–Crippen MR) is 70.8 cm³/mol. The van der Waals surface area contributed by atoms with Gasteiger partial charge in [-0.15, -0.1) is 0 Å². The number of carbonyl (C=O) groups is 2. The average Bonchev–Trinajstić information content (AvgIpc) is 2.46. The van der Waals surface area contributed by atoms with E-state index in [-0.39, 0.29) is 5.78 Å². The van der Waals surface area contributed by atoms with E-state index >= 15 is 0 Å². The van der Waals surface area contributed by atoms with Crippen molar-refractivity contribution in [2.24, 2.45) is 5.92 Å². The van der Waals surface area contributed by atoms with Gasteiger partial charge in [0.25, 0.3) is 5.92 Å². The standard InChI is InChI=1S/C14H23F2NO3/c1-9(2)10(18)13(6)7-14(15,16)8-17(13)11(19)20-12(3,4)5/h9H,7-8H2,1-6H3. The van der Waals surface area contributed by atoms with Crippen molar-refractivity contribution in [3.8, 4) is 0 Å². The average molecular weight is 291 g/mol. The molecule has 0 spiro atoms. The first kappa shape index (κ1) is 16.9. The van der Waals surface area contributed by atoms with Crippen molar-refractivity contribution in [1.29, 1.82) is 0 Å². The van der Waals surface area contributed by atoms with E-state index in [0.717, 1.165) is 4.90 Å². The number of Topliss-reactive ketones (excluding diaryl/α,β-unsaturated/α-hetero) is 1. The van der Waals surface area contributed by atoms with E-state index in [1.807, 2.05) is 0 Å². The number of ketones is 1. The summed E-state index contributed by atoms with van der Waals surface area (Å²) in [7, 11) is 0. The fraction of sp³-hybridized carbons (Fsp3) is 0.857. The molecule has 0 aromatic carbocycles. The summed E-state index contributed by atoms with van der Waals surface area (Å²) in [6.45, 7) is 8.84. The summed E-state index contributed by atoms with van der Waals surface area (Å²) in [5.41, 5.74) is -2.31. The zero-order chi connectivity index (χ0) is 15.9. The number of ether oxygens (including phenoxy) is 1. The summed E-state index contributed by atoms with van der Waals surface area (Å²) in [4.78, 5) is 25.2. The molecule has 0 aromatic rings. The number of amides is 1. The summed E-state index contributed by atoms with van der Waals surface area (Å²) >= 11 is 0. The van der Waals surface area contributed by atoms with Crippen molar-refractivity contribution in [3.63, 3.8) is 0 Å². The molecule has 1 atom stereocenters. The third-order valence-electron chi connectivity index (χ3n) is 3.26. The van der Waals surface area contributed by atoms with Crippen LogP contribution in [0.1, 0.15) is 48.0 Å². The van der Waals surface area contributed by atoms with Gasteiger partial charge in [0.05, 0.1) is 6.54 Å². The van der Waals surface area contributed by atoms with E-state index in [1.165, 1.54) is 6.92 Å². The van der Waals surface area contributed by atoms with Crippen LogP contribution >= 0.6 is 0 Å². The Labute approximate surface area is 118 Å². The van der Waals surface area contributed by atoms with Gasteiger partial charge in [0, 0.05) is 12.3 Å². The molecule has 1 aliphatic rings. The van der Waals surface area contributed by atoms with Crippen LogP contribution in [0.3, 0.4) is 0 Å². The Balaban J connectivity index is 3.08. The van der Waals surface area contributed by atoms with Crippen molar-refractivity contribution in [1.82, 2.24) is 4.90 Å². The van der Waals surface area contributed by atoms with Crippen LogP contribution in [0.2, 0.25) is 0 Å². The second-order valence-corrected chi connectivity index (χ2v) is 6.89. The lowest BCUT2D eigenvalue weighted by molar-refractivity contribution is -0.132. The fourth-order valence-corrected chi connectivity index (χ4v) is 2.49. The first-order valence-corrected chi connectivity index (χ1v) is 6.71. The molecule has 0 saturated carbocycles. The molecule has 1 unspecified atom stereocenters. The maximum atomic E-state index is 13.7. The first-order valence-electron chi connectivity index (χ1n) is 6.71. The summed E-state index contributed by atoms with van der Waals surface area (Å²) in [5.74, 6) is -3.88. The number of hydrogen-bond acceptors (Lipinski definition) is 3. The molecule has 1 fully saturated rings. The molecule has 0 radical (unpaired) electrons. The Kier molecular flexibility index (Phi) is 4.19. The second kappa shape index (κ2) is 4.97. The molecule has 20 heavy (non-hydrogen) atoms. The summed E-state index contributed by atoms with van der Waals surface area (Å²) in [6, 6.07) is 0. The Morgan fingerprint density at radius 2 is 1.75 bits per heavy atom. The third-order valence-corrected chi connectivity index (χ3v) is 3.26. The SMILES string of the molecule is CC(C)C(=O)C1(C)CC(F)(F)CN1C(=O)OC(C)(C)C. The number of hydrogen-bond donors (Lipinski definition) is 0. The van der Waals surface area contributed by atoms with Gasteiger partial charge in [0.15, 0.2) is 5.78 Å². The van der Waals surface area contributed by atoms with E-state index < -0.39 is 42.0 Å². The van der Waals surface area contributed by atoms with Crippen LogP contribution in [0.15, 0.2) is 0 Å². The monoisotopic (exact) mass is 291 g/mol. The highest BCUT2D eigenvalue weighted by Crippen LogP contribution is 2.41. The highest BCUT2D eigenvalue weighted by atomic mass is 19.3. The quantitative estimate of drug-likeness (QED) is 0.784. The maximum absolute atomic E-state index is 13.7. The highest BCUT2D eigenvalue weighted by Gasteiger charge is 2.58. The lowest BCUT2D eigenvalue weighted by Gasteiger charge is -2.35. The lowest BCUT2D eigenvalue weighted by Crippen LogP contribution is -2.53. The molecule has 6 heteroatoms. The van der Waals surface area contributed by atoms with Gasteiger partial charge < -0.3 is 4.74 Å². The highest BCUT2D eigenvalue weighted by molar-refractivity contribution is 5.93. The molecule has 0 bridgehead atoms. The summed E-state index contributed by atoms with van der Waals surface area (Å²) < 4.78 is 32.6. The fourth-order valence-electron chi connectivity index (χ4n) is 2.49. The van der Waals surface area contributed by atoms with Gasteiger partial charge in [-0.25, -0.2) is 13.6 Å². The van der Waals surface area contributed by atoms with Crippen LogP contribution in [0, 0.1) is 5.92 Å². The second-order valence-electron chi connectivity index (χ2n) is 6.89. The minimum atomic E-state index is -3.07. The zero-order valence-corrected chi connectivity index (χ0v) is 12.9. The first-order chi connectivity index (χ1) is 8.78. The molecule has 1 aliphatic heterocycles. The van der Waals surface area contributed by atoms with Crippen molar-refractivity contribution >= 4 is 11.9 Å². The molecule has 1 saturated heterocycles. The third kappa shape index (κ3) is 3.46. The Hall–Kier alpha value is -1.20. The van der Waals surface area contributed by atoms with Crippen molar-refractivity contribution in [2.75, 3.05) is 6.54 Å². The van der Waals surface area contributed by atoms with Gasteiger partial charge >= 0.3 is 6.09 Å². The molecular formula is C14H23F2NO3. The number of alkyl halides is 2. The predicted octanol–water partition coefficient (Wildman–Crippen LogP) is 3.25. The molecule has 4 nitrogen and oxygen atoms in total. The normalized spacial score (nSPS) is 25.9. The van der Waals surface area contributed by atoms with Crippen LogP contribution in [0.4, 0.5) is 13.6 Å². The minimum Gasteiger partial charge on any atom is -0.444 e. The molecule has 1 rings (SSSR count). The molecule has 0 aromatic heterocycles. The van der Waals surface area contributed by atoms with Crippen LogP contribution in [-0.2, 0) is 9.53 Å². The largest absolute Gasteiger partial charge is 0.444 e. The van der Waals surface area contributed by atoms with Crippen LogP contribution in [0.5, 0.6) is 0 Å². The molecule has 1 heterocycles. The number of nitrogens with zero attached hydrogens (tertiary/aromatic N) is 1. The van der Waals surface area contributed by atoms with Crippen LogP contribution in [0.25, 0.3) is 0 Å². The van der Waals surface area contributed by atoms with Crippen LogP contribution in [-0.4, -0.2) is 40.4 Å². The molecular weight excluding hydrogens is 268 g/mol. The maximum Gasteiger partial charge on any atom is 0.411 e. The number of halogens is 2. The Morgan fingerprint density at radius 1 is 1.25 bits per heavy atom. The van der Waals surface area contributed by atoms with E-state index in [9.17, 15) is 18.4 Å². The number of carbonyl (C=O) groups excluding carboxylic acids is 2. The van der Waals surface area contributed by atoms with Gasteiger partial charge in [0.1, 0.15) is 11.1 Å². The van der Waals surface area contributed by atoms with E-state index in [4.69, 9.17) is 4.74 Å². The van der Waals surface area contributed by atoms with Crippen molar-refractivity contribution in [3.05, 3.63) is 0 Å². The number of rotatable bonds is 2. The smallest absolute Gasteiger partial charge is 0.411 e. The van der Waals surface area contributed by atoms with Crippen molar-refractivity contribution < 1.29 is 23.1 Å². The number of likely N-dealkylation sites (tertiary alicyclic amines) is 1. The van der Waals surface area contributed by atoms with E-state index in [1.54, 1.807) is 34.6 Å². The molecule has 1 amide bonds. The van der Waals surface area contributed by atoms with E-state index in [2.05, 4.69) is 0 Å². The molecule has 0 N–H and O–H groups in total. The summed E-state index contributed by atoms with van der Waals surface area (Å²) in [5, 5.41) is 0. The van der Waals surface area contributed by atoms with E-state index in [0.29, 0.717) is 0 Å². The molecule has 116 valence electrons. The molecule has 0 aliphatic carbocycles. The zero-order valence-electron chi connectivity index (χ0n) is 12.9. The van der Waals surface area contributed by atoms with Gasteiger partial charge in [-0.2, -0.15) is 0 Å². The van der Waals surface area contributed by atoms with Crippen molar-refractivity contribution in [2.45, 2.75) is 65.0 Å². The van der Waals surface area contributed by atoms with Crippen LogP contribution < -0.4 is 0 Å². The minimum absolute atomic E-state index is 0.375. The Morgan fingerprint density at radius 3 is 2.15 bits per heavy atom. The van der Waals surface area contributed by atoms with Gasteiger partial charge in [-0.05, 0) is 27.7 Å². The Bertz CT molecular complexity index is 415. The van der Waals surface area contributed by atoms with Gasteiger partial charge in [-0.3, -0.25) is 9.69 Å².